The topological polar surface area (TPSA) is 140 Å². The third kappa shape index (κ3) is 4.81. The number of pyridine rings is 1. The summed E-state index contributed by atoms with van der Waals surface area (Å²) in [5.41, 5.74) is -0.650. The molecule has 154 valence electrons. The highest BCUT2D eigenvalue weighted by Crippen LogP contribution is 2.37. The lowest BCUT2D eigenvalue weighted by Gasteiger charge is -2.13. The number of aromatic hydroxyl groups is 1. The minimum Gasteiger partial charge on any atom is -0.493 e. The zero-order valence-corrected chi connectivity index (χ0v) is 17.1. The lowest BCUT2D eigenvalue weighted by atomic mass is 10.2. The van der Waals surface area contributed by atoms with Crippen molar-refractivity contribution in [3.05, 3.63) is 78.6 Å². The van der Waals surface area contributed by atoms with Gasteiger partial charge in [-0.2, -0.15) is 4.98 Å². The first-order valence-corrected chi connectivity index (χ1v) is 9.24. The van der Waals surface area contributed by atoms with Gasteiger partial charge in [0.1, 0.15) is 12.4 Å². The van der Waals surface area contributed by atoms with Crippen LogP contribution < -0.4 is 15.0 Å². The van der Waals surface area contributed by atoms with Crippen molar-refractivity contribution in [1.82, 2.24) is 15.0 Å². The number of aromatic amines is 1. The molecule has 11 heteroatoms. The van der Waals surface area contributed by atoms with Crippen LogP contribution in [0.2, 0.25) is 0 Å². The minimum absolute atomic E-state index is 0.0475. The van der Waals surface area contributed by atoms with Gasteiger partial charge in [0.2, 0.25) is 0 Å². The fraction of sp³-hybridized carbons (Fsp3) is 0.105. The molecule has 0 aliphatic carbocycles. The Morgan fingerprint density at radius 3 is 2.77 bits per heavy atom. The zero-order valence-electron chi connectivity index (χ0n) is 15.5. The van der Waals surface area contributed by atoms with E-state index in [-0.39, 0.29) is 12.4 Å². The molecule has 3 rings (SSSR count). The van der Waals surface area contributed by atoms with Gasteiger partial charge in [0.05, 0.1) is 22.2 Å². The summed E-state index contributed by atoms with van der Waals surface area (Å²) in [7, 11) is 1.50. The number of aromatic nitrogens is 3. The molecule has 10 nitrogen and oxygen atoms in total. The highest BCUT2D eigenvalue weighted by atomic mass is 79.9. The van der Waals surface area contributed by atoms with Gasteiger partial charge in [-0.3, -0.25) is 19.9 Å². The second-order valence-electron chi connectivity index (χ2n) is 5.86. The van der Waals surface area contributed by atoms with Crippen molar-refractivity contribution in [1.29, 1.82) is 0 Å². The summed E-state index contributed by atoms with van der Waals surface area (Å²) < 4.78 is 11.8. The second kappa shape index (κ2) is 9.18. The first kappa shape index (κ1) is 21.0. The third-order valence-electron chi connectivity index (χ3n) is 3.85. The number of nitrogens with zero attached hydrogens (tertiary/aromatic N) is 3. The normalized spacial score (nSPS) is 10.9. The molecule has 0 bridgehead atoms. The molecule has 0 amide bonds. The van der Waals surface area contributed by atoms with Crippen LogP contribution in [0.4, 0.5) is 5.69 Å². The molecule has 2 heterocycles. The number of nitrogens with one attached hydrogen (secondary N) is 1. The smallest absolute Gasteiger partial charge is 0.395 e. The molecule has 30 heavy (non-hydrogen) atoms. The molecule has 0 fully saturated rings. The molecule has 3 aromatic rings. The maximum Gasteiger partial charge on any atom is 0.395 e. The molecule has 0 unspecified atom stereocenters. The van der Waals surface area contributed by atoms with Gasteiger partial charge in [0.15, 0.2) is 11.5 Å². The number of hydrogen-bond donors (Lipinski definition) is 2. The van der Waals surface area contributed by atoms with Crippen LogP contribution in [0.1, 0.15) is 17.1 Å². The number of methoxy groups -OCH3 is 1. The van der Waals surface area contributed by atoms with E-state index < -0.39 is 22.0 Å². The maximum absolute atomic E-state index is 11.7. The number of halogens is 1. The highest BCUT2D eigenvalue weighted by Gasteiger charge is 2.21. The molecule has 0 saturated carbocycles. The average Bonchev–Trinajstić information content (AvgIpc) is 2.71. The first-order chi connectivity index (χ1) is 14.4. The van der Waals surface area contributed by atoms with Crippen molar-refractivity contribution in [3.63, 3.8) is 0 Å². The van der Waals surface area contributed by atoms with Crippen LogP contribution in [0.15, 0.2) is 45.8 Å². The summed E-state index contributed by atoms with van der Waals surface area (Å²) in [6.45, 7) is 0.248. The quantitative estimate of drug-likeness (QED) is 0.392. The number of hydrogen-bond acceptors (Lipinski definition) is 8. The molecule has 0 aliphatic rings. The van der Waals surface area contributed by atoms with Crippen molar-refractivity contribution in [2.75, 3.05) is 7.11 Å². The van der Waals surface area contributed by atoms with Gasteiger partial charge in [-0.15, -0.1) is 0 Å². The SMILES string of the molecule is COc1cc(C=Cc2nc(O)c([N+](=O)[O-])c(=O)[nH]2)cc(Br)c1OCc1ccccn1. The Labute approximate surface area is 178 Å². The summed E-state index contributed by atoms with van der Waals surface area (Å²) in [5.74, 6) is -0.0677. The predicted octanol–water partition coefficient (Wildman–Crippen LogP) is 3.30. The molecule has 0 atom stereocenters. The summed E-state index contributed by atoms with van der Waals surface area (Å²) >= 11 is 3.44. The second-order valence-corrected chi connectivity index (χ2v) is 6.71. The Balaban J connectivity index is 1.84. The van der Waals surface area contributed by atoms with E-state index in [0.29, 0.717) is 21.5 Å². The Hall–Kier alpha value is -3.73. The van der Waals surface area contributed by atoms with E-state index in [9.17, 15) is 20.0 Å². The van der Waals surface area contributed by atoms with Gasteiger partial charge in [0.25, 0.3) is 5.88 Å². The Kier molecular flexibility index (Phi) is 6.42. The summed E-state index contributed by atoms with van der Waals surface area (Å²) in [5, 5.41) is 20.3. The Morgan fingerprint density at radius 1 is 1.33 bits per heavy atom. The van der Waals surface area contributed by atoms with E-state index in [1.165, 1.54) is 13.2 Å². The molecular formula is C19H15BrN4O6. The lowest BCUT2D eigenvalue weighted by Crippen LogP contribution is -2.14. The van der Waals surface area contributed by atoms with Gasteiger partial charge in [-0.1, -0.05) is 12.1 Å². The van der Waals surface area contributed by atoms with Crippen molar-refractivity contribution < 1.29 is 19.5 Å². The molecular weight excluding hydrogens is 460 g/mol. The fourth-order valence-corrected chi connectivity index (χ4v) is 3.07. The summed E-state index contributed by atoms with van der Waals surface area (Å²) in [4.78, 5) is 31.5. The van der Waals surface area contributed by atoms with Gasteiger partial charge in [-0.25, -0.2) is 0 Å². The number of H-pyrrole nitrogens is 1. The monoisotopic (exact) mass is 474 g/mol. The Bertz CT molecular complexity index is 1160. The lowest BCUT2D eigenvalue weighted by molar-refractivity contribution is -0.387. The molecule has 2 aromatic heterocycles. The zero-order chi connectivity index (χ0) is 21.7. The van der Waals surface area contributed by atoms with Crippen LogP contribution in [-0.2, 0) is 6.61 Å². The summed E-state index contributed by atoms with van der Waals surface area (Å²) in [6.07, 6.45) is 4.65. The highest BCUT2D eigenvalue weighted by molar-refractivity contribution is 9.10. The molecule has 0 aliphatic heterocycles. The van der Waals surface area contributed by atoms with Crippen LogP contribution in [0.3, 0.4) is 0 Å². The van der Waals surface area contributed by atoms with Crippen LogP contribution in [0, 0.1) is 10.1 Å². The number of rotatable bonds is 7. The molecule has 0 radical (unpaired) electrons. The van der Waals surface area contributed by atoms with Gasteiger partial charge >= 0.3 is 11.2 Å². The fourth-order valence-electron chi connectivity index (χ4n) is 2.50. The first-order valence-electron chi connectivity index (χ1n) is 8.45. The van der Waals surface area contributed by atoms with Crippen molar-refractivity contribution in [2.45, 2.75) is 6.61 Å². The molecule has 2 N–H and O–H groups in total. The number of ether oxygens (including phenoxy) is 2. The summed E-state index contributed by atoms with van der Waals surface area (Å²) in [6, 6.07) is 8.95. The van der Waals surface area contributed by atoms with Crippen molar-refractivity contribution in [3.8, 4) is 17.4 Å². The van der Waals surface area contributed by atoms with Crippen LogP contribution in [-0.4, -0.2) is 32.1 Å². The standard InChI is InChI=1S/C19H15BrN4O6/c1-29-14-9-11(5-6-15-22-18(25)16(24(27)28)19(26)23-15)8-13(20)17(14)30-10-12-4-2-3-7-21-12/h2-9H,10H2,1H3,(H2,22,23,25,26). The van der Waals surface area contributed by atoms with E-state index in [1.807, 2.05) is 18.2 Å². The van der Waals surface area contributed by atoms with Crippen LogP contribution in [0.25, 0.3) is 12.2 Å². The van der Waals surface area contributed by atoms with Crippen LogP contribution in [0.5, 0.6) is 17.4 Å². The largest absolute Gasteiger partial charge is 0.493 e. The van der Waals surface area contributed by atoms with Crippen molar-refractivity contribution in [2.24, 2.45) is 0 Å². The number of benzene rings is 1. The predicted molar refractivity (Wildman–Crippen MR) is 111 cm³/mol. The third-order valence-corrected chi connectivity index (χ3v) is 4.44. The Morgan fingerprint density at radius 2 is 2.13 bits per heavy atom. The van der Waals surface area contributed by atoms with Crippen molar-refractivity contribution >= 4 is 33.8 Å². The maximum atomic E-state index is 11.7. The van der Waals surface area contributed by atoms with Gasteiger partial charge < -0.3 is 19.6 Å². The van der Waals surface area contributed by atoms with Crippen LogP contribution >= 0.6 is 15.9 Å². The number of nitro groups is 1. The van der Waals surface area contributed by atoms with Gasteiger partial charge in [-0.05, 0) is 51.8 Å². The van der Waals surface area contributed by atoms with Gasteiger partial charge in [0, 0.05) is 6.20 Å². The minimum atomic E-state index is -1.05. The van der Waals surface area contributed by atoms with E-state index in [4.69, 9.17) is 9.47 Å². The van der Waals surface area contributed by atoms with E-state index >= 15 is 0 Å². The molecule has 1 aromatic carbocycles. The van der Waals surface area contributed by atoms with E-state index in [2.05, 4.69) is 30.9 Å². The molecule has 0 saturated heterocycles. The molecule has 0 spiro atoms. The van der Waals surface area contributed by atoms with E-state index in [0.717, 1.165) is 5.69 Å². The average molecular weight is 475 g/mol. The van der Waals surface area contributed by atoms with E-state index in [1.54, 1.807) is 24.4 Å².